The summed E-state index contributed by atoms with van der Waals surface area (Å²) in [6.07, 6.45) is 0. The molecular formula is C12H9ClS. The van der Waals surface area contributed by atoms with Crippen LogP contribution in [0.2, 0.25) is 5.02 Å². The Hall–Kier alpha value is -0.920. The van der Waals surface area contributed by atoms with Crippen LogP contribution in [0.1, 0.15) is 0 Å². The number of rotatable bonds is 1. The molecule has 0 saturated heterocycles. The van der Waals surface area contributed by atoms with Gasteiger partial charge in [-0.1, -0.05) is 41.9 Å². The van der Waals surface area contributed by atoms with Gasteiger partial charge in [-0.05, 0) is 29.3 Å². The summed E-state index contributed by atoms with van der Waals surface area (Å²) in [5.74, 6) is 0. The molecule has 0 unspecified atom stereocenters. The highest BCUT2D eigenvalue weighted by molar-refractivity contribution is 7.80. The first-order chi connectivity index (χ1) is 6.75. The fourth-order valence-corrected chi connectivity index (χ4v) is 1.96. The third-order valence-corrected chi connectivity index (χ3v) is 2.47. The maximum absolute atomic E-state index is 5.95. The summed E-state index contributed by atoms with van der Waals surface area (Å²) in [6, 6.07) is 15.9. The van der Waals surface area contributed by atoms with Crippen molar-refractivity contribution in [3.8, 4) is 11.1 Å². The summed E-state index contributed by atoms with van der Waals surface area (Å²) in [4.78, 5) is 0.886. The molecule has 0 spiro atoms. The minimum Gasteiger partial charge on any atom is -0.143 e. The van der Waals surface area contributed by atoms with Gasteiger partial charge in [-0.3, -0.25) is 0 Å². The van der Waals surface area contributed by atoms with Crippen molar-refractivity contribution in [3.05, 3.63) is 53.6 Å². The molecule has 0 heterocycles. The molecule has 2 rings (SSSR count). The maximum Gasteiger partial charge on any atom is 0.0423 e. The van der Waals surface area contributed by atoms with Crippen molar-refractivity contribution >= 4 is 24.2 Å². The van der Waals surface area contributed by atoms with Crippen LogP contribution in [-0.2, 0) is 0 Å². The average Bonchev–Trinajstić information content (AvgIpc) is 2.18. The van der Waals surface area contributed by atoms with Crippen LogP contribution in [0.4, 0.5) is 0 Å². The summed E-state index contributed by atoms with van der Waals surface area (Å²) in [5.41, 5.74) is 2.26. The predicted octanol–water partition coefficient (Wildman–Crippen LogP) is 4.30. The fourth-order valence-electron chi connectivity index (χ4n) is 1.37. The van der Waals surface area contributed by atoms with Crippen LogP contribution in [0.3, 0.4) is 0 Å². The second-order valence-electron chi connectivity index (χ2n) is 3.06. The molecule has 0 amide bonds. The number of thiol groups is 1. The summed E-state index contributed by atoms with van der Waals surface area (Å²) < 4.78 is 0. The lowest BCUT2D eigenvalue weighted by Gasteiger charge is -2.03. The molecule has 14 heavy (non-hydrogen) atoms. The first kappa shape index (κ1) is 9.63. The Balaban J connectivity index is 2.52. The minimum atomic E-state index is 0.719. The van der Waals surface area contributed by atoms with Gasteiger partial charge in [0, 0.05) is 9.92 Å². The van der Waals surface area contributed by atoms with E-state index in [1.807, 2.05) is 36.4 Å². The SMILES string of the molecule is Sc1cc(Cl)cc(-c2ccccc2)c1. The van der Waals surface area contributed by atoms with Gasteiger partial charge in [0.1, 0.15) is 0 Å². The number of hydrogen-bond acceptors (Lipinski definition) is 1. The van der Waals surface area contributed by atoms with Crippen molar-refractivity contribution in [3.63, 3.8) is 0 Å². The molecule has 0 bridgehead atoms. The van der Waals surface area contributed by atoms with E-state index in [2.05, 4.69) is 24.8 Å². The Morgan fingerprint density at radius 3 is 2.21 bits per heavy atom. The largest absolute Gasteiger partial charge is 0.143 e. The smallest absolute Gasteiger partial charge is 0.0423 e. The van der Waals surface area contributed by atoms with Gasteiger partial charge < -0.3 is 0 Å². The fraction of sp³-hybridized carbons (Fsp3) is 0. The minimum absolute atomic E-state index is 0.719. The molecule has 0 saturated carbocycles. The van der Waals surface area contributed by atoms with Crippen molar-refractivity contribution in [2.75, 3.05) is 0 Å². The third kappa shape index (κ3) is 2.11. The molecule has 70 valence electrons. The highest BCUT2D eigenvalue weighted by Gasteiger charge is 1.99. The van der Waals surface area contributed by atoms with Crippen molar-refractivity contribution in [1.29, 1.82) is 0 Å². The van der Waals surface area contributed by atoms with Crippen LogP contribution in [0, 0.1) is 0 Å². The molecule has 2 aromatic carbocycles. The van der Waals surface area contributed by atoms with Crippen molar-refractivity contribution < 1.29 is 0 Å². The zero-order chi connectivity index (χ0) is 9.97. The van der Waals surface area contributed by atoms with Crippen molar-refractivity contribution in [1.82, 2.24) is 0 Å². The highest BCUT2D eigenvalue weighted by Crippen LogP contribution is 2.25. The summed E-state index contributed by atoms with van der Waals surface area (Å²) >= 11 is 10.2. The van der Waals surface area contributed by atoms with E-state index in [9.17, 15) is 0 Å². The Bertz CT molecular complexity index is 417. The topological polar surface area (TPSA) is 0 Å². The monoisotopic (exact) mass is 220 g/mol. The molecule has 0 N–H and O–H groups in total. The Morgan fingerprint density at radius 1 is 0.857 bits per heavy atom. The maximum atomic E-state index is 5.95. The van der Waals surface area contributed by atoms with Crippen LogP contribution in [0.25, 0.3) is 11.1 Å². The zero-order valence-electron chi connectivity index (χ0n) is 7.44. The lowest BCUT2D eigenvalue weighted by Crippen LogP contribution is -1.77. The van der Waals surface area contributed by atoms with Crippen LogP contribution in [-0.4, -0.2) is 0 Å². The molecule has 2 heteroatoms. The lowest BCUT2D eigenvalue weighted by atomic mass is 10.1. The van der Waals surface area contributed by atoms with Crippen molar-refractivity contribution in [2.45, 2.75) is 4.90 Å². The molecule has 0 atom stereocenters. The van der Waals surface area contributed by atoms with Crippen LogP contribution in [0.5, 0.6) is 0 Å². The van der Waals surface area contributed by atoms with Crippen LogP contribution in [0.15, 0.2) is 53.4 Å². The molecule has 0 aliphatic carbocycles. The third-order valence-electron chi connectivity index (χ3n) is 1.99. The molecule has 0 radical (unpaired) electrons. The molecular weight excluding hydrogens is 212 g/mol. The summed E-state index contributed by atoms with van der Waals surface area (Å²) in [5, 5.41) is 0.719. The van der Waals surface area contributed by atoms with Gasteiger partial charge in [0.2, 0.25) is 0 Å². The Labute approximate surface area is 93.9 Å². The van der Waals surface area contributed by atoms with E-state index in [0.717, 1.165) is 21.0 Å². The van der Waals surface area contributed by atoms with E-state index in [0.29, 0.717) is 0 Å². The first-order valence-corrected chi connectivity index (χ1v) is 5.13. The average molecular weight is 221 g/mol. The van der Waals surface area contributed by atoms with E-state index in [1.54, 1.807) is 0 Å². The molecule has 0 fully saturated rings. The lowest BCUT2D eigenvalue weighted by molar-refractivity contribution is 1.47. The number of hydrogen-bond donors (Lipinski definition) is 1. The zero-order valence-corrected chi connectivity index (χ0v) is 9.09. The van der Waals surface area contributed by atoms with Gasteiger partial charge in [0.25, 0.3) is 0 Å². The predicted molar refractivity (Wildman–Crippen MR) is 64.1 cm³/mol. The first-order valence-electron chi connectivity index (χ1n) is 4.31. The van der Waals surface area contributed by atoms with Gasteiger partial charge in [-0.15, -0.1) is 12.6 Å². The highest BCUT2D eigenvalue weighted by atomic mass is 35.5. The standard InChI is InChI=1S/C12H9ClS/c13-11-6-10(7-12(14)8-11)9-4-2-1-3-5-9/h1-8,14H. The second-order valence-corrected chi connectivity index (χ2v) is 4.02. The molecule has 0 aromatic heterocycles. The molecule has 0 nitrogen and oxygen atoms in total. The quantitative estimate of drug-likeness (QED) is 0.681. The van der Waals surface area contributed by atoms with Gasteiger partial charge in [-0.2, -0.15) is 0 Å². The van der Waals surface area contributed by atoms with Gasteiger partial charge in [0.05, 0.1) is 0 Å². The number of halogens is 1. The van der Waals surface area contributed by atoms with E-state index in [-0.39, 0.29) is 0 Å². The Kier molecular flexibility index (Phi) is 2.80. The van der Waals surface area contributed by atoms with E-state index >= 15 is 0 Å². The number of benzene rings is 2. The summed E-state index contributed by atoms with van der Waals surface area (Å²) in [7, 11) is 0. The molecule has 2 aromatic rings. The van der Waals surface area contributed by atoms with Crippen molar-refractivity contribution in [2.24, 2.45) is 0 Å². The van der Waals surface area contributed by atoms with Gasteiger partial charge >= 0.3 is 0 Å². The molecule has 0 aliphatic heterocycles. The molecule has 0 aliphatic rings. The van der Waals surface area contributed by atoms with Gasteiger partial charge in [0.15, 0.2) is 0 Å². The van der Waals surface area contributed by atoms with Crippen LogP contribution < -0.4 is 0 Å². The van der Waals surface area contributed by atoms with E-state index in [1.165, 1.54) is 0 Å². The van der Waals surface area contributed by atoms with E-state index in [4.69, 9.17) is 11.6 Å². The summed E-state index contributed by atoms with van der Waals surface area (Å²) in [6.45, 7) is 0. The van der Waals surface area contributed by atoms with Crippen LogP contribution >= 0.6 is 24.2 Å². The van der Waals surface area contributed by atoms with Gasteiger partial charge in [-0.25, -0.2) is 0 Å². The van der Waals surface area contributed by atoms with E-state index < -0.39 is 0 Å². The Morgan fingerprint density at radius 2 is 1.57 bits per heavy atom. The second kappa shape index (κ2) is 4.07. The normalized spacial score (nSPS) is 10.1.